The molecule has 0 aliphatic rings. The molecule has 61 heteroatoms. The lowest BCUT2D eigenvalue weighted by Gasteiger charge is -2.28. The van der Waals surface area contributed by atoms with E-state index < -0.39 is 210 Å². The van der Waals surface area contributed by atoms with Crippen LogP contribution < -0.4 is 53.8 Å². The standard InChI is InChI=1S/C16H40O25P6.3C6H16O8P2.CH4/c1-3-15(13-17)41-47(29,30)38-12-11-36-45(25,26)34-8-7-32-43(21,22)31-5-6-33-44(23,24)35-9-10-37-46(27,28)39-14-16(4-2)40-42(18,19)20;3*1-3-6(14-15(7,8)9)5-13-16(10,11)12-4-2;/h15-17H,3-14H2,1-2H3,(H,21,22)(H,23,24)(H,25,26)(H,27,28)(H,29,30)(H2,18,19,20);3*6H,3-5H2,1-2H3,(H,10,11)(H2,7,8,9);1H4/p-11. The first-order chi connectivity index (χ1) is 43.1. The summed E-state index contributed by atoms with van der Waals surface area (Å²) in [5.74, 6) is 0. The predicted octanol–water partition coefficient (Wildman–Crippen LogP) is -1.92. The molecule has 0 saturated carbocycles. The van der Waals surface area contributed by atoms with E-state index in [1.807, 2.05) is 0 Å². The average Bonchev–Trinajstić information content (AvgIpc) is 2.62. The minimum absolute atomic E-state index is 0. The van der Waals surface area contributed by atoms with Crippen molar-refractivity contribution in [2.45, 2.75) is 125 Å². The molecule has 0 saturated heterocycles. The first kappa shape index (κ1) is 106. The van der Waals surface area contributed by atoms with Gasteiger partial charge in [-0.05, 0) is 52.9 Å². The number of phosphoric acid groups is 12. The molecule has 0 aromatic rings. The van der Waals surface area contributed by atoms with Crippen molar-refractivity contribution in [1.82, 2.24) is 0 Å². The van der Waals surface area contributed by atoms with Gasteiger partial charge in [0.15, 0.2) is 0 Å². The van der Waals surface area contributed by atoms with E-state index in [1.165, 1.54) is 34.6 Å². The van der Waals surface area contributed by atoms with E-state index in [0.29, 0.717) is 0 Å². The van der Waals surface area contributed by atoms with Crippen LogP contribution in [0.15, 0.2) is 0 Å². The van der Waals surface area contributed by atoms with E-state index in [2.05, 4.69) is 90.5 Å². The van der Waals surface area contributed by atoms with Gasteiger partial charge in [0.2, 0.25) is 0 Å². The predicted molar refractivity (Wildman–Crippen MR) is 298 cm³/mol. The Balaban J connectivity index is -0.000000455. The van der Waals surface area contributed by atoms with E-state index in [1.54, 1.807) is 20.8 Å². The van der Waals surface area contributed by atoms with Gasteiger partial charge in [0, 0.05) is 0 Å². The third-order valence-electron chi connectivity index (χ3n) is 8.76. The van der Waals surface area contributed by atoms with Gasteiger partial charge in [-0.3, -0.25) is 54.7 Å². The summed E-state index contributed by atoms with van der Waals surface area (Å²) in [5.41, 5.74) is 0. The highest BCUT2D eigenvalue weighted by Gasteiger charge is 2.25. The van der Waals surface area contributed by atoms with E-state index in [9.17, 15) is 109 Å². The summed E-state index contributed by atoms with van der Waals surface area (Å²) in [6, 6.07) is 0. The van der Waals surface area contributed by atoms with E-state index >= 15 is 0 Å². The number of rotatable bonds is 54. The first-order valence-corrected chi connectivity index (χ1v) is 44.1. The van der Waals surface area contributed by atoms with Crippen LogP contribution in [0, 0.1) is 0 Å². The van der Waals surface area contributed by atoms with Gasteiger partial charge in [0.25, 0.3) is 86.0 Å². The molecule has 0 rings (SSSR count). The monoisotopic (exact) mass is 1660 g/mol. The van der Waals surface area contributed by atoms with Crippen LogP contribution in [0.4, 0.5) is 0 Å². The molecule has 6 N–H and O–H groups in total. The SMILES string of the molecule is C.CCC(COP(=O)([O-])OCCOP(=O)([O-])OCCOP(=O)([O-])OCCOP(=O)([O-])OCCOP(=O)([O-])OC(CC)CO)OP(=O)([O-])O.CCOP(=O)([O-])OCC(CC)OP(=O)(O)O.CCOP(=O)([O-])OCC(CC)OP(=O)([O-])O.CCOP(=O)([O-])OCC(CC)OP(=O)([O-])O. The fourth-order valence-electron chi connectivity index (χ4n) is 4.73. The molecule has 0 radical (unpaired) electrons. The molecule has 0 amide bonds. The Bertz CT molecular complexity index is 2520. The Morgan fingerprint density at radius 3 is 0.604 bits per heavy atom. The second-order valence-electron chi connectivity index (χ2n) is 16.4. The fourth-order valence-corrected chi connectivity index (χ4v) is 13.0. The van der Waals surface area contributed by atoms with Gasteiger partial charge in [-0.25, -0.2) is 4.57 Å². The lowest BCUT2D eigenvalue weighted by atomic mass is 10.3. The largest absolute Gasteiger partial charge is 0.756 e. The molecule has 0 heterocycles. The minimum Gasteiger partial charge on any atom is -0.756 e. The Hall–Kier alpha value is 1.28. The number of hydrogen-bond acceptors (Lipinski definition) is 44. The molecule has 0 aromatic heterocycles. The highest BCUT2D eigenvalue weighted by atomic mass is 31.2. The molecule has 0 aromatic carbocycles. The number of phosphoric ester groups is 12. The van der Waals surface area contributed by atoms with Crippen LogP contribution in [0.1, 0.15) is 94.9 Å². The zero-order valence-corrected chi connectivity index (χ0v) is 62.1. The quantitative estimate of drug-likeness (QED) is 0.0286. The topological polar surface area (TPSA) is 764 Å². The van der Waals surface area contributed by atoms with Gasteiger partial charge in [-0.15, -0.1) is 0 Å². The van der Waals surface area contributed by atoms with Crippen LogP contribution in [-0.2, 0) is 145 Å². The smallest absolute Gasteiger partial charge is 0.469 e. The third-order valence-corrected chi connectivity index (χ3v) is 19.2. The van der Waals surface area contributed by atoms with Gasteiger partial charge < -0.3 is 169 Å². The van der Waals surface area contributed by atoms with Crippen molar-refractivity contribution in [1.29, 1.82) is 0 Å². The lowest BCUT2D eigenvalue weighted by molar-refractivity contribution is -0.239. The number of aliphatic hydroxyl groups is 1. The lowest BCUT2D eigenvalue weighted by Crippen LogP contribution is -2.22. The van der Waals surface area contributed by atoms with Crippen molar-refractivity contribution in [3.05, 3.63) is 0 Å². The highest BCUT2D eigenvalue weighted by molar-refractivity contribution is 7.48. The highest BCUT2D eigenvalue weighted by Crippen LogP contribution is 2.47. The maximum absolute atomic E-state index is 11.7. The van der Waals surface area contributed by atoms with Crippen LogP contribution >= 0.6 is 93.9 Å². The van der Waals surface area contributed by atoms with Gasteiger partial charge in [-0.2, -0.15) is 0 Å². The van der Waals surface area contributed by atoms with Gasteiger partial charge in [-0.1, -0.05) is 42.0 Å². The Morgan fingerprint density at radius 2 is 0.438 bits per heavy atom. The summed E-state index contributed by atoms with van der Waals surface area (Å²) in [6.45, 7) is 1.41. The second-order valence-corrected chi connectivity index (χ2v) is 32.3. The molecule has 96 heavy (non-hydrogen) atoms. The molecular weight excluding hydrogens is 1580 g/mol. The summed E-state index contributed by atoms with van der Waals surface area (Å²) < 4.78 is 219. The van der Waals surface area contributed by atoms with Crippen molar-refractivity contribution in [2.24, 2.45) is 0 Å². The molecule has 16 atom stereocenters. The van der Waals surface area contributed by atoms with Crippen LogP contribution in [0.3, 0.4) is 0 Å². The Kier molecular flexibility index (Phi) is 57.7. The normalized spacial score (nSPS) is 20.5. The summed E-state index contributed by atoms with van der Waals surface area (Å²) in [7, 11) is -58.2. The van der Waals surface area contributed by atoms with E-state index in [-0.39, 0.29) is 59.4 Å². The van der Waals surface area contributed by atoms with Crippen molar-refractivity contribution < 1.29 is 229 Å². The number of aliphatic hydroxyl groups excluding tert-OH is 1. The molecule has 0 bridgehead atoms. The van der Waals surface area contributed by atoms with Gasteiger partial charge in [0.1, 0.15) is 0 Å². The van der Waals surface area contributed by atoms with Crippen LogP contribution in [0.2, 0.25) is 0 Å². The molecular formula is C35H81O49P12-11. The molecule has 0 fully saturated rings. The summed E-state index contributed by atoms with van der Waals surface area (Å²) in [6.07, 6.45) is -5.04. The van der Waals surface area contributed by atoms with Gasteiger partial charge >= 0.3 is 7.82 Å². The fraction of sp³-hybridized carbons (Fsp3) is 1.00. The molecule has 0 aliphatic heterocycles. The van der Waals surface area contributed by atoms with E-state index in [0.717, 1.165) is 0 Å². The van der Waals surface area contributed by atoms with Crippen LogP contribution in [0.25, 0.3) is 0 Å². The Labute approximate surface area is 552 Å². The molecule has 586 valence electrons. The van der Waals surface area contributed by atoms with Crippen molar-refractivity contribution in [3.63, 3.8) is 0 Å². The molecule has 0 spiro atoms. The van der Waals surface area contributed by atoms with Crippen molar-refractivity contribution in [3.8, 4) is 0 Å². The maximum atomic E-state index is 11.7. The maximum Gasteiger partial charge on any atom is 0.469 e. The van der Waals surface area contributed by atoms with Crippen molar-refractivity contribution >= 4 is 93.9 Å². The first-order valence-electron chi connectivity index (χ1n) is 26.4. The zero-order chi connectivity index (χ0) is 74.9. The number of hydrogen-bond donors (Lipinski definition) is 6. The van der Waals surface area contributed by atoms with Crippen LogP contribution in [0.5, 0.6) is 0 Å². The van der Waals surface area contributed by atoms with Crippen molar-refractivity contribution in [2.75, 3.05) is 106 Å². The Morgan fingerprint density at radius 1 is 0.260 bits per heavy atom. The molecule has 16 unspecified atom stereocenters. The zero-order valence-electron chi connectivity index (χ0n) is 51.3. The molecule has 0 aliphatic carbocycles. The van der Waals surface area contributed by atoms with Crippen LogP contribution in [-0.4, -0.2) is 166 Å². The molecule has 49 nitrogen and oxygen atoms in total. The summed E-state index contributed by atoms with van der Waals surface area (Å²) in [5, 5.41) is 8.92. The third kappa shape index (κ3) is 69.6. The summed E-state index contributed by atoms with van der Waals surface area (Å²) >= 11 is 0. The van der Waals surface area contributed by atoms with E-state index in [4.69, 9.17) is 29.6 Å². The average molecular weight is 1660 g/mol. The summed E-state index contributed by atoms with van der Waals surface area (Å²) in [4.78, 5) is 165. The van der Waals surface area contributed by atoms with Gasteiger partial charge in [0.05, 0.1) is 136 Å². The minimum atomic E-state index is -5.17. The second kappa shape index (κ2) is 52.3.